The van der Waals surface area contributed by atoms with Crippen LogP contribution in [0.3, 0.4) is 0 Å². The second kappa shape index (κ2) is 8.95. The SMILES string of the molecule is CC1CCC(C(C)C)C(OCC(COC=O)OC=O)C1. The fourth-order valence-electron chi connectivity index (χ4n) is 2.89. The predicted octanol–water partition coefficient (Wildman–Crippen LogP) is 2.18. The second-order valence-corrected chi connectivity index (χ2v) is 5.98. The van der Waals surface area contributed by atoms with Crippen LogP contribution in [0.1, 0.15) is 40.0 Å². The van der Waals surface area contributed by atoms with Gasteiger partial charge in [0.05, 0.1) is 12.7 Å². The van der Waals surface area contributed by atoms with Crippen LogP contribution in [0.2, 0.25) is 0 Å². The van der Waals surface area contributed by atoms with E-state index in [-0.39, 0.29) is 19.3 Å². The average molecular weight is 286 g/mol. The maximum atomic E-state index is 10.4. The molecule has 4 atom stereocenters. The van der Waals surface area contributed by atoms with E-state index >= 15 is 0 Å². The van der Waals surface area contributed by atoms with Gasteiger partial charge in [-0.05, 0) is 30.6 Å². The van der Waals surface area contributed by atoms with Gasteiger partial charge >= 0.3 is 0 Å². The first-order chi connectivity index (χ1) is 9.58. The van der Waals surface area contributed by atoms with Crippen molar-refractivity contribution in [3.8, 4) is 0 Å². The summed E-state index contributed by atoms with van der Waals surface area (Å²) in [5.74, 6) is 1.77. The molecule has 0 aromatic heterocycles. The predicted molar refractivity (Wildman–Crippen MR) is 74.0 cm³/mol. The van der Waals surface area contributed by atoms with Gasteiger partial charge in [0, 0.05) is 0 Å². The number of carbonyl (C=O) groups excluding carboxylic acids is 2. The second-order valence-electron chi connectivity index (χ2n) is 5.98. The lowest BCUT2D eigenvalue weighted by molar-refractivity contribution is -0.150. The minimum atomic E-state index is -0.525. The Hall–Kier alpha value is -1.10. The molecule has 0 radical (unpaired) electrons. The standard InChI is InChI=1S/C15H26O5/c1-11(2)14-5-4-12(3)6-15(14)19-8-13(20-10-17)7-18-9-16/h9-15H,4-8H2,1-3H3. The average Bonchev–Trinajstić information content (AvgIpc) is 2.41. The van der Waals surface area contributed by atoms with Crippen LogP contribution in [0.15, 0.2) is 0 Å². The number of hydrogen-bond acceptors (Lipinski definition) is 5. The van der Waals surface area contributed by atoms with E-state index in [2.05, 4.69) is 25.5 Å². The number of hydrogen-bond donors (Lipinski definition) is 0. The van der Waals surface area contributed by atoms with E-state index < -0.39 is 6.10 Å². The Morgan fingerprint density at radius 3 is 2.50 bits per heavy atom. The molecule has 1 aliphatic carbocycles. The zero-order valence-electron chi connectivity index (χ0n) is 12.6. The Bertz CT molecular complexity index is 292. The van der Waals surface area contributed by atoms with Gasteiger partial charge < -0.3 is 14.2 Å². The minimum Gasteiger partial charge on any atom is -0.464 e. The molecule has 1 fully saturated rings. The van der Waals surface area contributed by atoms with Crippen molar-refractivity contribution >= 4 is 12.9 Å². The summed E-state index contributed by atoms with van der Waals surface area (Å²) in [6.45, 7) is 7.69. The highest BCUT2D eigenvalue weighted by molar-refractivity contribution is 5.38. The fourth-order valence-corrected chi connectivity index (χ4v) is 2.89. The first-order valence-electron chi connectivity index (χ1n) is 7.34. The highest BCUT2D eigenvalue weighted by Gasteiger charge is 2.32. The molecule has 0 spiro atoms. The first kappa shape index (κ1) is 17.0. The molecular formula is C15H26O5. The van der Waals surface area contributed by atoms with Gasteiger partial charge in [0.25, 0.3) is 12.9 Å². The summed E-state index contributed by atoms with van der Waals surface area (Å²) in [6, 6.07) is 0. The minimum absolute atomic E-state index is 0.0386. The Kier molecular flexibility index (Phi) is 7.59. The van der Waals surface area contributed by atoms with Crippen LogP contribution in [0.5, 0.6) is 0 Å². The number of rotatable bonds is 9. The van der Waals surface area contributed by atoms with Gasteiger partial charge in [-0.2, -0.15) is 0 Å². The van der Waals surface area contributed by atoms with E-state index in [1.165, 1.54) is 12.8 Å². The van der Waals surface area contributed by atoms with Crippen molar-refractivity contribution in [3.05, 3.63) is 0 Å². The molecule has 4 unspecified atom stereocenters. The zero-order chi connectivity index (χ0) is 15.0. The van der Waals surface area contributed by atoms with Gasteiger partial charge in [-0.15, -0.1) is 0 Å². The molecule has 5 heteroatoms. The Morgan fingerprint density at radius 1 is 1.15 bits per heavy atom. The summed E-state index contributed by atoms with van der Waals surface area (Å²) >= 11 is 0. The third-order valence-electron chi connectivity index (χ3n) is 4.06. The molecule has 0 N–H and O–H groups in total. The van der Waals surface area contributed by atoms with Crippen molar-refractivity contribution in [1.82, 2.24) is 0 Å². The quantitative estimate of drug-likeness (QED) is 0.608. The summed E-state index contributed by atoms with van der Waals surface area (Å²) in [4.78, 5) is 20.6. The molecule has 0 saturated heterocycles. The monoisotopic (exact) mass is 286 g/mol. The molecule has 5 nitrogen and oxygen atoms in total. The molecule has 0 amide bonds. The van der Waals surface area contributed by atoms with E-state index in [4.69, 9.17) is 9.47 Å². The Balaban J connectivity index is 2.49. The smallest absolute Gasteiger partial charge is 0.293 e. The van der Waals surface area contributed by atoms with Crippen molar-refractivity contribution < 1.29 is 23.8 Å². The topological polar surface area (TPSA) is 61.8 Å². The van der Waals surface area contributed by atoms with E-state index in [1.807, 2.05) is 0 Å². The molecule has 0 aromatic carbocycles. The van der Waals surface area contributed by atoms with Crippen molar-refractivity contribution in [2.24, 2.45) is 17.8 Å². The summed E-state index contributed by atoms with van der Waals surface area (Å²) in [5.41, 5.74) is 0. The van der Waals surface area contributed by atoms with Crippen LogP contribution in [-0.4, -0.2) is 38.4 Å². The molecule has 116 valence electrons. The molecule has 1 aliphatic rings. The third kappa shape index (κ3) is 5.49. The summed E-state index contributed by atoms with van der Waals surface area (Å²) in [5, 5.41) is 0. The third-order valence-corrected chi connectivity index (χ3v) is 4.06. The van der Waals surface area contributed by atoms with Crippen molar-refractivity contribution in [2.45, 2.75) is 52.2 Å². The number of carbonyl (C=O) groups is 2. The van der Waals surface area contributed by atoms with E-state index in [0.717, 1.165) is 6.42 Å². The molecule has 0 aliphatic heterocycles. The van der Waals surface area contributed by atoms with Gasteiger partial charge in [0.1, 0.15) is 6.61 Å². The molecular weight excluding hydrogens is 260 g/mol. The lowest BCUT2D eigenvalue weighted by Gasteiger charge is -2.37. The summed E-state index contributed by atoms with van der Waals surface area (Å²) < 4.78 is 15.5. The summed E-state index contributed by atoms with van der Waals surface area (Å²) in [6.07, 6.45) is 3.11. The summed E-state index contributed by atoms with van der Waals surface area (Å²) in [7, 11) is 0. The molecule has 20 heavy (non-hydrogen) atoms. The number of ether oxygens (including phenoxy) is 3. The van der Waals surface area contributed by atoms with E-state index in [9.17, 15) is 9.59 Å². The van der Waals surface area contributed by atoms with E-state index in [0.29, 0.717) is 30.7 Å². The maximum Gasteiger partial charge on any atom is 0.293 e. The lowest BCUT2D eigenvalue weighted by atomic mass is 9.75. The Morgan fingerprint density at radius 2 is 1.90 bits per heavy atom. The highest BCUT2D eigenvalue weighted by atomic mass is 16.6. The van der Waals surface area contributed by atoms with Crippen LogP contribution in [-0.2, 0) is 23.8 Å². The normalized spacial score (nSPS) is 27.9. The van der Waals surface area contributed by atoms with Crippen molar-refractivity contribution in [3.63, 3.8) is 0 Å². The Labute approximate surface area is 121 Å². The van der Waals surface area contributed by atoms with Crippen LogP contribution >= 0.6 is 0 Å². The maximum absolute atomic E-state index is 10.4. The molecule has 0 heterocycles. The van der Waals surface area contributed by atoms with E-state index in [1.54, 1.807) is 0 Å². The molecule has 1 rings (SSSR count). The molecule has 1 saturated carbocycles. The van der Waals surface area contributed by atoms with Gasteiger partial charge in [-0.1, -0.05) is 27.2 Å². The van der Waals surface area contributed by atoms with Crippen LogP contribution in [0.4, 0.5) is 0 Å². The van der Waals surface area contributed by atoms with Crippen LogP contribution in [0.25, 0.3) is 0 Å². The van der Waals surface area contributed by atoms with Crippen LogP contribution < -0.4 is 0 Å². The van der Waals surface area contributed by atoms with Crippen LogP contribution in [0, 0.1) is 17.8 Å². The first-order valence-corrected chi connectivity index (χ1v) is 7.34. The largest absolute Gasteiger partial charge is 0.464 e. The van der Waals surface area contributed by atoms with Gasteiger partial charge in [0.2, 0.25) is 0 Å². The molecule has 0 aromatic rings. The lowest BCUT2D eigenvalue weighted by Crippen LogP contribution is -2.37. The highest BCUT2D eigenvalue weighted by Crippen LogP contribution is 2.35. The fraction of sp³-hybridized carbons (Fsp3) is 0.867. The molecule has 0 bridgehead atoms. The van der Waals surface area contributed by atoms with Gasteiger partial charge in [-0.25, -0.2) is 0 Å². The van der Waals surface area contributed by atoms with Gasteiger partial charge in [0.15, 0.2) is 6.10 Å². The van der Waals surface area contributed by atoms with Gasteiger partial charge in [-0.3, -0.25) is 9.59 Å². The van der Waals surface area contributed by atoms with Crippen molar-refractivity contribution in [1.29, 1.82) is 0 Å². The zero-order valence-corrected chi connectivity index (χ0v) is 12.6. The van der Waals surface area contributed by atoms with Crippen molar-refractivity contribution in [2.75, 3.05) is 13.2 Å².